The van der Waals surface area contributed by atoms with E-state index in [0.29, 0.717) is 19.7 Å². The van der Waals surface area contributed by atoms with Crippen LogP contribution >= 0.6 is 0 Å². The monoisotopic (exact) mass is 365 g/mol. The Labute approximate surface area is 158 Å². The third-order valence-electron chi connectivity index (χ3n) is 5.55. The SMILES string of the molecule is COC(=O)[C@@H]1CCCN(C(=O)OCC2c3ccccc3-c3ccccc32)C1. The van der Waals surface area contributed by atoms with Crippen LogP contribution in [0.1, 0.15) is 29.9 Å². The van der Waals surface area contributed by atoms with Crippen LogP contribution in [0.15, 0.2) is 48.5 Å². The molecule has 4 rings (SSSR count). The van der Waals surface area contributed by atoms with Crippen molar-refractivity contribution in [1.29, 1.82) is 0 Å². The van der Waals surface area contributed by atoms with Crippen molar-refractivity contribution in [3.8, 4) is 11.1 Å². The van der Waals surface area contributed by atoms with E-state index in [1.54, 1.807) is 4.90 Å². The van der Waals surface area contributed by atoms with E-state index in [4.69, 9.17) is 9.47 Å². The molecule has 0 unspecified atom stereocenters. The fourth-order valence-electron chi connectivity index (χ4n) is 4.19. The molecule has 2 aliphatic rings. The average molecular weight is 365 g/mol. The Morgan fingerprint density at radius 1 is 1.04 bits per heavy atom. The Balaban J connectivity index is 1.46. The summed E-state index contributed by atoms with van der Waals surface area (Å²) in [4.78, 5) is 26.0. The van der Waals surface area contributed by atoms with Gasteiger partial charge >= 0.3 is 12.1 Å². The van der Waals surface area contributed by atoms with Gasteiger partial charge in [-0.2, -0.15) is 0 Å². The predicted molar refractivity (Wildman–Crippen MR) is 101 cm³/mol. The molecule has 1 amide bonds. The molecule has 0 spiro atoms. The maximum absolute atomic E-state index is 12.6. The summed E-state index contributed by atoms with van der Waals surface area (Å²) in [7, 11) is 1.38. The molecule has 0 aromatic heterocycles. The van der Waals surface area contributed by atoms with Gasteiger partial charge in [0.1, 0.15) is 6.61 Å². The lowest BCUT2D eigenvalue weighted by Crippen LogP contribution is -2.43. The molecule has 1 aliphatic heterocycles. The molecule has 0 saturated carbocycles. The normalized spacial score (nSPS) is 18.6. The summed E-state index contributed by atoms with van der Waals surface area (Å²) >= 11 is 0. The number of piperidine rings is 1. The third-order valence-corrected chi connectivity index (χ3v) is 5.55. The number of fused-ring (bicyclic) bond motifs is 3. The van der Waals surface area contributed by atoms with Crippen LogP contribution in [-0.4, -0.2) is 43.8 Å². The molecule has 1 aliphatic carbocycles. The Morgan fingerprint density at radius 2 is 1.67 bits per heavy atom. The highest BCUT2D eigenvalue weighted by Gasteiger charge is 2.32. The van der Waals surface area contributed by atoms with E-state index in [1.807, 2.05) is 24.3 Å². The number of carbonyl (C=O) groups excluding carboxylic acids is 2. The van der Waals surface area contributed by atoms with Gasteiger partial charge in [0, 0.05) is 19.0 Å². The lowest BCUT2D eigenvalue weighted by atomic mass is 9.98. The molecule has 1 fully saturated rings. The summed E-state index contributed by atoms with van der Waals surface area (Å²) in [5.41, 5.74) is 4.80. The number of nitrogens with zero attached hydrogens (tertiary/aromatic N) is 1. The van der Waals surface area contributed by atoms with E-state index in [2.05, 4.69) is 24.3 Å². The Kier molecular flexibility index (Phi) is 4.84. The second kappa shape index (κ2) is 7.43. The summed E-state index contributed by atoms with van der Waals surface area (Å²) in [6.45, 7) is 1.28. The minimum Gasteiger partial charge on any atom is -0.469 e. The van der Waals surface area contributed by atoms with Crippen molar-refractivity contribution in [1.82, 2.24) is 4.90 Å². The van der Waals surface area contributed by atoms with Crippen molar-refractivity contribution in [2.45, 2.75) is 18.8 Å². The van der Waals surface area contributed by atoms with Gasteiger partial charge in [0.05, 0.1) is 13.0 Å². The van der Waals surface area contributed by atoms with Gasteiger partial charge in [-0.1, -0.05) is 48.5 Å². The molecular weight excluding hydrogens is 342 g/mol. The zero-order valence-corrected chi connectivity index (χ0v) is 15.4. The van der Waals surface area contributed by atoms with Gasteiger partial charge in [0.25, 0.3) is 0 Å². The molecule has 1 atom stereocenters. The second-order valence-corrected chi connectivity index (χ2v) is 7.11. The number of benzene rings is 2. The quantitative estimate of drug-likeness (QED) is 0.776. The number of rotatable bonds is 3. The highest BCUT2D eigenvalue weighted by atomic mass is 16.6. The molecule has 0 bridgehead atoms. The summed E-state index contributed by atoms with van der Waals surface area (Å²) in [5.74, 6) is -0.474. The van der Waals surface area contributed by atoms with Gasteiger partial charge in [-0.3, -0.25) is 4.79 Å². The maximum Gasteiger partial charge on any atom is 0.409 e. The van der Waals surface area contributed by atoms with Gasteiger partial charge in [-0.15, -0.1) is 0 Å². The van der Waals surface area contributed by atoms with E-state index in [9.17, 15) is 9.59 Å². The Bertz CT molecular complexity index is 817. The fourth-order valence-corrected chi connectivity index (χ4v) is 4.19. The topological polar surface area (TPSA) is 55.8 Å². The number of methoxy groups -OCH3 is 1. The van der Waals surface area contributed by atoms with Gasteiger partial charge in [0.15, 0.2) is 0 Å². The number of hydrogen-bond donors (Lipinski definition) is 0. The lowest BCUT2D eigenvalue weighted by molar-refractivity contribution is -0.147. The largest absolute Gasteiger partial charge is 0.469 e. The van der Waals surface area contributed by atoms with Crippen LogP contribution in [0.3, 0.4) is 0 Å². The summed E-state index contributed by atoms with van der Waals surface area (Å²) in [6.07, 6.45) is 1.18. The highest BCUT2D eigenvalue weighted by molar-refractivity contribution is 5.79. The van der Waals surface area contributed by atoms with E-state index in [0.717, 1.165) is 12.8 Å². The molecule has 2 aromatic carbocycles. The van der Waals surface area contributed by atoms with Gasteiger partial charge in [-0.05, 0) is 35.1 Å². The zero-order valence-electron chi connectivity index (χ0n) is 15.4. The van der Waals surface area contributed by atoms with Crippen LogP contribution in [0.2, 0.25) is 0 Å². The third kappa shape index (κ3) is 3.29. The van der Waals surface area contributed by atoms with Gasteiger partial charge in [0.2, 0.25) is 0 Å². The van der Waals surface area contributed by atoms with E-state index in [-0.39, 0.29) is 23.9 Å². The second-order valence-electron chi connectivity index (χ2n) is 7.11. The molecule has 1 saturated heterocycles. The molecule has 0 N–H and O–H groups in total. The maximum atomic E-state index is 12.6. The van der Waals surface area contributed by atoms with Crippen molar-refractivity contribution in [2.75, 3.05) is 26.8 Å². The number of carbonyl (C=O) groups is 2. The fraction of sp³-hybridized carbons (Fsp3) is 0.364. The lowest BCUT2D eigenvalue weighted by Gasteiger charge is -2.31. The first-order chi connectivity index (χ1) is 13.2. The van der Waals surface area contributed by atoms with Crippen molar-refractivity contribution in [3.05, 3.63) is 59.7 Å². The zero-order chi connectivity index (χ0) is 18.8. The Hall–Kier alpha value is -2.82. The first-order valence-electron chi connectivity index (χ1n) is 9.36. The first-order valence-corrected chi connectivity index (χ1v) is 9.36. The summed E-state index contributed by atoms with van der Waals surface area (Å²) < 4.78 is 10.5. The van der Waals surface area contributed by atoms with Crippen LogP contribution in [0.25, 0.3) is 11.1 Å². The van der Waals surface area contributed by atoms with Crippen molar-refractivity contribution >= 4 is 12.1 Å². The van der Waals surface area contributed by atoms with Crippen LogP contribution in [0, 0.1) is 5.92 Å². The highest BCUT2D eigenvalue weighted by Crippen LogP contribution is 2.44. The molecule has 27 heavy (non-hydrogen) atoms. The smallest absolute Gasteiger partial charge is 0.409 e. The molecule has 5 heteroatoms. The van der Waals surface area contributed by atoms with Crippen molar-refractivity contribution in [2.24, 2.45) is 5.92 Å². The minimum absolute atomic E-state index is 0.0440. The molecule has 2 aromatic rings. The Morgan fingerprint density at radius 3 is 2.30 bits per heavy atom. The molecule has 0 radical (unpaired) electrons. The molecule has 1 heterocycles. The van der Waals surface area contributed by atoms with E-state index < -0.39 is 0 Å². The number of ether oxygens (including phenoxy) is 2. The number of likely N-dealkylation sites (tertiary alicyclic amines) is 1. The van der Waals surface area contributed by atoms with Gasteiger partial charge < -0.3 is 14.4 Å². The predicted octanol–water partition coefficient (Wildman–Crippen LogP) is 3.82. The number of esters is 1. The summed E-state index contributed by atoms with van der Waals surface area (Å²) in [6, 6.07) is 16.5. The van der Waals surface area contributed by atoms with Crippen molar-refractivity contribution in [3.63, 3.8) is 0 Å². The van der Waals surface area contributed by atoms with Crippen molar-refractivity contribution < 1.29 is 19.1 Å². The van der Waals surface area contributed by atoms with Crippen LogP contribution < -0.4 is 0 Å². The van der Waals surface area contributed by atoms with E-state index in [1.165, 1.54) is 29.4 Å². The number of hydrogen-bond acceptors (Lipinski definition) is 4. The standard InChI is InChI=1S/C22H23NO4/c1-26-21(24)15-7-6-12-23(13-15)22(25)27-14-20-18-10-4-2-8-16(18)17-9-3-5-11-19(17)20/h2-5,8-11,15,20H,6-7,12-14H2,1H3/t15-/m1/s1. The van der Waals surface area contributed by atoms with E-state index >= 15 is 0 Å². The van der Waals surface area contributed by atoms with Crippen LogP contribution in [-0.2, 0) is 14.3 Å². The average Bonchev–Trinajstić information content (AvgIpc) is 3.05. The van der Waals surface area contributed by atoms with Crippen LogP contribution in [0.4, 0.5) is 4.79 Å². The number of amides is 1. The van der Waals surface area contributed by atoms with Gasteiger partial charge in [-0.25, -0.2) is 4.79 Å². The van der Waals surface area contributed by atoms with Crippen LogP contribution in [0.5, 0.6) is 0 Å². The first kappa shape index (κ1) is 17.6. The molecular formula is C22H23NO4. The molecule has 5 nitrogen and oxygen atoms in total. The molecule has 140 valence electrons. The minimum atomic E-state index is -0.356. The summed E-state index contributed by atoms with van der Waals surface area (Å²) in [5, 5.41) is 0.